The van der Waals surface area contributed by atoms with Gasteiger partial charge in [0.2, 0.25) is 5.91 Å². The summed E-state index contributed by atoms with van der Waals surface area (Å²) in [7, 11) is 1.97. The molecule has 0 saturated heterocycles. The van der Waals surface area contributed by atoms with E-state index in [1.807, 2.05) is 30.1 Å². The fraction of sp³-hybridized carbons (Fsp3) is 0.444. The number of nitrogens with one attached hydrogen (secondary N) is 1. The van der Waals surface area contributed by atoms with E-state index in [0.29, 0.717) is 6.54 Å². The Hall–Kier alpha value is -1.29. The minimum absolute atomic E-state index is 0.0643. The highest BCUT2D eigenvalue weighted by Crippen LogP contribution is 1.98. The molecule has 0 saturated carbocycles. The van der Waals surface area contributed by atoms with Crippen LogP contribution in [0, 0.1) is 0 Å². The average Bonchev–Trinajstić information content (AvgIpc) is 2.51. The number of aryl methyl sites for hydroxylation is 1. The van der Waals surface area contributed by atoms with Crippen molar-refractivity contribution in [3.8, 4) is 0 Å². The summed E-state index contributed by atoms with van der Waals surface area (Å²) in [5, 5.41) is 2.72. The van der Waals surface area contributed by atoms with Crippen LogP contribution in [0.5, 0.6) is 0 Å². The van der Waals surface area contributed by atoms with Gasteiger partial charge in [0.25, 0.3) is 0 Å². The highest BCUT2D eigenvalue weighted by molar-refractivity contribution is 5.77. The third-order valence-corrected chi connectivity index (χ3v) is 1.81. The molecular formula is C9H15N3O. The smallest absolute Gasteiger partial charge is 0.233 e. The van der Waals surface area contributed by atoms with E-state index in [1.54, 1.807) is 0 Å². The molecule has 0 unspecified atom stereocenters. The maximum absolute atomic E-state index is 10.8. The number of hydrogen-bond donors (Lipinski definition) is 2. The zero-order chi connectivity index (χ0) is 9.68. The van der Waals surface area contributed by atoms with Crippen molar-refractivity contribution in [3.05, 3.63) is 24.0 Å². The minimum atomic E-state index is -0.101. The Morgan fingerprint density at radius 3 is 3.00 bits per heavy atom. The molecule has 1 aromatic heterocycles. The SMILES string of the molecule is Cn1ccc(CCNC(=O)CN)c1. The first-order valence-corrected chi connectivity index (χ1v) is 4.30. The predicted octanol–water partition coefficient (Wildman–Crippen LogP) is -0.357. The molecule has 0 radical (unpaired) electrons. The second-order valence-electron chi connectivity index (χ2n) is 2.99. The van der Waals surface area contributed by atoms with Crippen molar-refractivity contribution >= 4 is 5.91 Å². The first kappa shape index (κ1) is 9.80. The Morgan fingerprint density at radius 1 is 1.69 bits per heavy atom. The van der Waals surface area contributed by atoms with E-state index < -0.39 is 0 Å². The summed E-state index contributed by atoms with van der Waals surface area (Å²) in [6.45, 7) is 0.717. The third kappa shape index (κ3) is 3.29. The molecule has 4 nitrogen and oxygen atoms in total. The van der Waals surface area contributed by atoms with Crippen molar-refractivity contribution in [3.63, 3.8) is 0 Å². The zero-order valence-electron chi connectivity index (χ0n) is 7.79. The molecule has 72 valence electrons. The van der Waals surface area contributed by atoms with E-state index in [9.17, 15) is 4.79 Å². The maximum atomic E-state index is 10.8. The minimum Gasteiger partial charge on any atom is -0.357 e. The van der Waals surface area contributed by atoms with E-state index in [1.165, 1.54) is 5.56 Å². The topological polar surface area (TPSA) is 60.0 Å². The van der Waals surface area contributed by atoms with Gasteiger partial charge in [-0.2, -0.15) is 0 Å². The van der Waals surface area contributed by atoms with Gasteiger partial charge in [-0.05, 0) is 18.1 Å². The number of nitrogens with two attached hydrogens (primary N) is 1. The van der Waals surface area contributed by atoms with Gasteiger partial charge in [0.1, 0.15) is 0 Å². The summed E-state index contributed by atoms with van der Waals surface area (Å²) in [5.74, 6) is -0.101. The van der Waals surface area contributed by atoms with Crippen LogP contribution < -0.4 is 11.1 Å². The normalized spacial score (nSPS) is 10.0. The molecule has 1 rings (SSSR count). The second kappa shape index (κ2) is 4.67. The Balaban J connectivity index is 2.24. The van der Waals surface area contributed by atoms with Gasteiger partial charge >= 0.3 is 0 Å². The summed E-state index contributed by atoms with van der Waals surface area (Å²) in [4.78, 5) is 10.8. The van der Waals surface area contributed by atoms with Crippen LogP contribution in [-0.2, 0) is 18.3 Å². The molecule has 4 heteroatoms. The zero-order valence-corrected chi connectivity index (χ0v) is 7.79. The Morgan fingerprint density at radius 2 is 2.46 bits per heavy atom. The molecule has 3 N–H and O–H groups in total. The molecule has 0 atom stereocenters. The maximum Gasteiger partial charge on any atom is 0.233 e. The lowest BCUT2D eigenvalue weighted by molar-refractivity contribution is -0.119. The summed E-state index contributed by atoms with van der Waals surface area (Å²) in [6.07, 6.45) is 4.88. The lowest BCUT2D eigenvalue weighted by Gasteiger charge is -2.00. The number of carbonyl (C=O) groups is 1. The van der Waals surface area contributed by atoms with Crippen molar-refractivity contribution < 1.29 is 4.79 Å². The van der Waals surface area contributed by atoms with Gasteiger partial charge in [-0.1, -0.05) is 0 Å². The van der Waals surface area contributed by atoms with Gasteiger partial charge in [0, 0.05) is 26.0 Å². The first-order chi connectivity index (χ1) is 6.22. The van der Waals surface area contributed by atoms with Gasteiger partial charge in [0.05, 0.1) is 6.54 Å². The lowest BCUT2D eigenvalue weighted by atomic mass is 10.2. The molecule has 1 heterocycles. The van der Waals surface area contributed by atoms with Crippen LogP contribution >= 0.6 is 0 Å². The molecule has 0 spiro atoms. The number of rotatable bonds is 4. The van der Waals surface area contributed by atoms with Crippen LogP contribution in [0.4, 0.5) is 0 Å². The van der Waals surface area contributed by atoms with Gasteiger partial charge in [0.15, 0.2) is 0 Å². The summed E-state index contributed by atoms with van der Waals surface area (Å²) in [6, 6.07) is 2.04. The molecule has 0 aliphatic heterocycles. The summed E-state index contributed by atoms with van der Waals surface area (Å²) < 4.78 is 1.99. The highest BCUT2D eigenvalue weighted by atomic mass is 16.1. The van der Waals surface area contributed by atoms with Crippen LogP contribution in [0.2, 0.25) is 0 Å². The number of nitrogens with zero attached hydrogens (tertiary/aromatic N) is 1. The Kier molecular flexibility index (Phi) is 3.52. The molecule has 0 aromatic carbocycles. The average molecular weight is 181 g/mol. The van der Waals surface area contributed by atoms with Crippen LogP contribution in [-0.4, -0.2) is 23.6 Å². The van der Waals surface area contributed by atoms with Crippen LogP contribution in [0.25, 0.3) is 0 Å². The molecule has 0 bridgehead atoms. The molecule has 1 aromatic rings. The fourth-order valence-electron chi connectivity index (χ4n) is 1.13. The van der Waals surface area contributed by atoms with E-state index in [0.717, 1.165) is 6.42 Å². The molecule has 13 heavy (non-hydrogen) atoms. The van der Waals surface area contributed by atoms with Crippen molar-refractivity contribution in [2.75, 3.05) is 13.1 Å². The lowest BCUT2D eigenvalue weighted by Crippen LogP contribution is -2.31. The number of carbonyl (C=O) groups excluding carboxylic acids is 1. The number of amides is 1. The monoisotopic (exact) mass is 181 g/mol. The van der Waals surface area contributed by atoms with Gasteiger partial charge < -0.3 is 15.6 Å². The second-order valence-corrected chi connectivity index (χ2v) is 2.99. The van der Waals surface area contributed by atoms with Crippen molar-refractivity contribution in [1.82, 2.24) is 9.88 Å². The van der Waals surface area contributed by atoms with E-state index in [2.05, 4.69) is 5.32 Å². The largest absolute Gasteiger partial charge is 0.357 e. The van der Waals surface area contributed by atoms with Crippen LogP contribution in [0.1, 0.15) is 5.56 Å². The van der Waals surface area contributed by atoms with Crippen molar-refractivity contribution in [2.24, 2.45) is 12.8 Å². The standard InChI is InChI=1S/C9H15N3O/c1-12-5-3-8(7-12)2-4-11-9(13)6-10/h3,5,7H,2,4,6,10H2,1H3,(H,11,13). The van der Waals surface area contributed by atoms with E-state index in [4.69, 9.17) is 5.73 Å². The Labute approximate surface area is 77.7 Å². The number of aromatic nitrogens is 1. The van der Waals surface area contributed by atoms with Crippen LogP contribution in [0.3, 0.4) is 0 Å². The Bertz CT molecular complexity index is 280. The summed E-state index contributed by atoms with van der Waals surface area (Å²) in [5.41, 5.74) is 6.36. The molecule has 0 fully saturated rings. The molecule has 1 amide bonds. The van der Waals surface area contributed by atoms with E-state index in [-0.39, 0.29) is 12.5 Å². The predicted molar refractivity (Wildman–Crippen MR) is 51.2 cm³/mol. The highest BCUT2D eigenvalue weighted by Gasteiger charge is 1.97. The van der Waals surface area contributed by atoms with Gasteiger partial charge in [-0.3, -0.25) is 4.79 Å². The van der Waals surface area contributed by atoms with Crippen LogP contribution in [0.15, 0.2) is 18.5 Å². The molecular weight excluding hydrogens is 166 g/mol. The van der Waals surface area contributed by atoms with Gasteiger partial charge in [-0.25, -0.2) is 0 Å². The molecule has 0 aliphatic rings. The number of hydrogen-bond acceptors (Lipinski definition) is 2. The van der Waals surface area contributed by atoms with Gasteiger partial charge in [-0.15, -0.1) is 0 Å². The first-order valence-electron chi connectivity index (χ1n) is 4.30. The van der Waals surface area contributed by atoms with Crippen molar-refractivity contribution in [1.29, 1.82) is 0 Å². The summed E-state index contributed by atoms with van der Waals surface area (Å²) >= 11 is 0. The third-order valence-electron chi connectivity index (χ3n) is 1.81. The quantitative estimate of drug-likeness (QED) is 0.666. The van der Waals surface area contributed by atoms with E-state index >= 15 is 0 Å². The van der Waals surface area contributed by atoms with Crippen molar-refractivity contribution in [2.45, 2.75) is 6.42 Å². The molecule has 0 aliphatic carbocycles. The fourth-order valence-corrected chi connectivity index (χ4v) is 1.13.